The summed E-state index contributed by atoms with van der Waals surface area (Å²) in [5, 5.41) is 21.4. The van der Waals surface area contributed by atoms with Crippen molar-refractivity contribution in [1.82, 2.24) is 5.32 Å². The highest BCUT2D eigenvalue weighted by Crippen LogP contribution is 2.33. The fourth-order valence-electron chi connectivity index (χ4n) is 1.39. The van der Waals surface area contributed by atoms with Crippen molar-refractivity contribution < 1.29 is 9.90 Å². The monoisotopic (exact) mass is 400 g/mol. The van der Waals surface area contributed by atoms with Gasteiger partial charge in [-0.2, -0.15) is 5.26 Å². The minimum atomic E-state index is -0.401. The molecule has 106 valence electrons. The molecule has 0 aliphatic rings. The van der Waals surface area contributed by atoms with Gasteiger partial charge in [0.05, 0.1) is 8.95 Å². The molecular weight excluding hydrogens is 388 g/mol. The fraction of sp³-hybridized carbons (Fsp3) is 0.286. The van der Waals surface area contributed by atoms with E-state index in [0.29, 0.717) is 14.5 Å². The summed E-state index contributed by atoms with van der Waals surface area (Å²) in [5.41, 5.74) is 0.659. The van der Waals surface area contributed by atoms with Crippen LogP contribution in [0.5, 0.6) is 5.75 Å². The maximum absolute atomic E-state index is 11.9. The smallest absolute Gasteiger partial charge is 0.262 e. The molecule has 2 N–H and O–H groups in total. The third kappa shape index (κ3) is 4.36. The van der Waals surface area contributed by atoms with E-state index in [0.717, 1.165) is 6.42 Å². The van der Waals surface area contributed by atoms with Crippen molar-refractivity contribution in [2.45, 2.75) is 26.3 Å². The van der Waals surface area contributed by atoms with E-state index in [9.17, 15) is 9.90 Å². The minimum Gasteiger partial charge on any atom is -0.506 e. The molecule has 1 amide bonds. The Bertz CT molecular complexity index is 568. The first-order valence-corrected chi connectivity index (χ1v) is 7.58. The van der Waals surface area contributed by atoms with Crippen molar-refractivity contribution in [3.63, 3.8) is 0 Å². The Morgan fingerprint density at radius 1 is 1.50 bits per heavy atom. The predicted octanol–water partition coefficient (Wildman–Crippen LogP) is 3.74. The van der Waals surface area contributed by atoms with Gasteiger partial charge in [0.1, 0.15) is 17.4 Å². The highest BCUT2D eigenvalue weighted by atomic mass is 79.9. The first-order chi connectivity index (χ1) is 9.38. The first-order valence-electron chi connectivity index (χ1n) is 5.99. The summed E-state index contributed by atoms with van der Waals surface area (Å²) < 4.78 is 0.968. The number of nitrogens with one attached hydrogen (secondary N) is 1. The van der Waals surface area contributed by atoms with Gasteiger partial charge < -0.3 is 10.4 Å². The lowest BCUT2D eigenvalue weighted by Gasteiger charge is -2.10. The molecule has 6 heteroatoms. The van der Waals surface area contributed by atoms with Crippen molar-refractivity contribution in [1.29, 1.82) is 5.26 Å². The largest absolute Gasteiger partial charge is 0.506 e. The lowest BCUT2D eigenvalue weighted by molar-refractivity contribution is -0.117. The van der Waals surface area contributed by atoms with Crippen molar-refractivity contribution in [2.75, 3.05) is 0 Å². The van der Waals surface area contributed by atoms with Crippen LogP contribution in [-0.2, 0) is 4.79 Å². The van der Waals surface area contributed by atoms with E-state index in [1.165, 1.54) is 6.08 Å². The van der Waals surface area contributed by atoms with Crippen LogP contribution in [0.4, 0.5) is 0 Å². The number of aromatic hydroxyl groups is 1. The Morgan fingerprint density at radius 2 is 2.05 bits per heavy atom. The molecule has 20 heavy (non-hydrogen) atoms. The van der Waals surface area contributed by atoms with Crippen LogP contribution >= 0.6 is 31.9 Å². The Morgan fingerprint density at radius 3 is 2.50 bits per heavy atom. The van der Waals surface area contributed by atoms with Crippen LogP contribution in [0.3, 0.4) is 0 Å². The van der Waals surface area contributed by atoms with Crippen LogP contribution < -0.4 is 5.32 Å². The number of hydrogen-bond acceptors (Lipinski definition) is 3. The molecule has 0 bridgehead atoms. The van der Waals surface area contributed by atoms with Gasteiger partial charge in [-0.3, -0.25) is 4.79 Å². The number of amides is 1. The maximum atomic E-state index is 11.9. The van der Waals surface area contributed by atoms with Crippen molar-refractivity contribution in [3.8, 4) is 11.8 Å². The Labute approximate surface area is 134 Å². The van der Waals surface area contributed by atoms with E-state index in [2.05, 4.69) is 37.2 Å². The summed E-state index contributed by atoms with van der Waals surface area (Å²) >= 11 is 6.41. The van der Waals surface area contributed by atoms with Crippen LogP contribution in [0, 0.1) is 11.3 Å². The molecule has 4 nitrogen and oxygen atoms in total. The van der Waals surface area contributed by atoms with Crippen molar-refractivity contribution in [2.24, 2.45) is 0 Å². The summed E-state index contributed by atoms with van der Waals surface area (Å²) in [6, 6.07) is 5.17. The summed E-state index contributed by atoms with van der Waals surface area (Å²) in [5.74, 6) is -0.327. The fourth-order valence-corrected chi connectivity index (χ4v) is 2.61. The van der Waals surface area contributed by atoms with E-state index in [1.54, 1.807) is 12.1 Å². The first kappa shape index (κ1) is 16.7. The second kappa shape index (κ2) is 7.46. The molecule has 1 aromatic carbocycles. The number of nitriles is 1. The normalized spacial score (nSPS) is 12.7. The second-order valence-electron chi connectivity index (χ2n) is 4.29. The number of hydrogen-bond donors (Lipinski definition) is 2. The van der Waals surface area contributed by atoms with Gasteiger partial charge in [-0.05, 0) is 69.0 Å². The highest BCUT2D eigenvalue weighted by Gasteiger charge is 2.12. The van der Waals surface area contributed by atoms with Gasteiger partial charge in [0, 0.05) is 6.04 Å². The van der Waals surface area contributed by atoms with Gasteiger partial charge in [0.25, 0.3) is 5.91 Å². The molecule has 0 radical (unpaired) electrons. The zero-order valence-corrected chi connectivity index (χ0v) is 14.2. The SMILES string of the molecule is CC[C@H](C)NC(=O)/C(C#N)=C/c1cc(Br)c(O)c(Br)c1. The minimum absolute atomic E-state index is 0.0116. The summed E-state index contributed by atoms with van der Waals surface area (Å²) in [6.07, 6.45) is 2.27. The molecule has 0 saturated heterocycles. The number of carbonyl (C=O) groups is 1. The van der Waals surface area contributed by atoms with Crippen LogP contribution in [-0.4, -0.2) is 17.1 Å². The summed E-state index contributed by atoms with van der Waals surface area (Å²) in [4.78, 5) is 11.9. The van der Waals surface area contributed by atoms with Crippen LogP contribution in [0.2, 0.25) is 0 Å². The average molecular weight is 402 g/mol. The molecule has 1 rings (SSSR count). The second-order valence-corrected chi connectivity index (χ2v) is 5.99. The predicted molar refractivity (Wildman–Crippen MR) is 85.0 cm³/mol. The van der Waals surface area contributed by atoms with Gasteiger partial charge in [-0.1, -0.05) is 6.92 Å². The van der Waals surface area contributed by atoms with Crippen molar-refractivity contribution >= 4 is 43.8 Å². The molecule has 0 aromatic heterocycles. The molecule has 0 unspecified atom stereocenters. The average Bonchev–Trinajstić information content (AvgIpc) is 2.41. The van der Waals surface area contributed by atoms with E-state index in [-0.39, 0.29) is 17.4 Å². The third-order valence-electron chi connectivity index (χ3n) is 2.71. The Hall–Kier alpha value is -1.32. The van der Waals surface area contributed by atoms with Crippen molar-refractivity contribution in [3.05, 3.63) is 32.2 Å². The topological polar surface area (TPSA) is 73.1 Å². The number of carbonyl (C=O) groups excluding carboxylic acids is 1. The Balaban J connectivity index is 3.07. The molecule has 0 aliphatic heterocycles. The summed E-state index contributed by atoms with van der Waals surface area (Å²) in [6.45, 7) is 3.83. The van der Waals surface area contributed by atoms with Crippen LogP contribution in [0.15, 0.2) is 26.7 Å². The lowest BCUT2D eigenvalue weighted by Crippen LogP contribution is -2.32. The quantitative estimate of drug-likeness (QED) is 0.596. The maximum Gasteiger partial charge on any atom is 0.262 e. The van der Waals surface area contributed by atoms with Crippen LogP contribution in [0.1, 0.15) is 25.8 Å². The number of benzene rings is 1. The van der Waals surface area contributed by atoms with Crippen LogP contribution in [0.25, 0.3) is 6.08 Å². The zero-order chi connectivity index (χ0) is 15.3. The van der Waals surface area contributed by atoms with Gasteiger partial charge in [0.15, 0.2) is 0 Å². The zero-order valence-electron chi connectivity index (χ0n) is 11.1. The third-order valence-corrected chi connectivity index (χ3v) is 3.91. The standard InChI is InChI=1S/C14H14Br2N2O2/c1-3-8(2)18-14(20)10(7-17)4-9-5-11(15)13(19)12(16)6-9/h4-6,8,19H,3H2,1-2H3,(H,18,20)/b10-4+/t8-/m0/s1. The Kier molecular flexibility index (Phi) is 6.24. The molecule has 0 heterocycles. The molecule has 1 atom stereocenters. The molecular formula is C14H14Br2N2O2. The van der Waals surface area contributed by atoms with Gasteiger partial charge in [-0.15, -0.1) is 0 Å². The molecule has 1 aromatic rings. The highest BCUT2D eigenvalue weighted by molar-refractivity contribution is 9.11. The summed E-state index contributed by atoms with van der Waals surface area (Å²) in [7, 11) is 0. The number of phenolic OH excluding ortho intramolecular Hbond substituents is 1. The van der Waals surface area contributed by atoms with E-state index >= 15 is 0 Å². The molecule has 0 fully saturated rings. The lowest BCUT2D eigenvalue weighted by atomic mass is 10.1. The molecule has 0 saturated carbocycles. The van der Waals surface area contributed by atoms with Gasteiger partial charge in [0.2, 0.25) is 0 Å². The van der Waals surface area contributed by atoms with Gasteiger partial charge in [-0.25, -0.2) is 0 Å². The number of rotatable bonds is 4. The number of phenols is 1. The van der Waals surface area contributed by atoms with E-state index in [1.807, 2.05) is 19.9 Å². The molecule has 0 spiro atoms. The van der Waals surface area contributed by atoms with E-state index in [4.69, 9.17) is 5.26 Å². The van der Waals surface area contributed by atoms with E-state index < -0.39 is 5.91 Å². The van der Waals surface area contributed by atoms with Gasteiger partial charge >= 0.3 is 0 Å². The number of nitrogens with zero attached hydrogens (tertiary/aromatic N) is 1. The number of halogens is 2. The molecule has 0 aliphatic carbocycles.